The standard InChI is InChI=1S/C22H8Cl2F3NO4/c23-15-7-12-13(8-16(15)24)19(30)14(18(12)29)5-11-6-17-21(31-11)28-20(32-17)9-1-3-10(4-2-9)22(25,26)27/h1-8H. The van der Waals surface area contributed by atoms with Crippen LogP contribution in [0.5, 0.6) is 0 Å². The van der Waals surface area contributed by atoms with Gasteiger partial charge in [0.15, 0.2) is 17.1 Å². The second-order valence-electron chi connectivity index (χ2n) is 6.94. The smallest absolute Gasteiger partial charge is 0.416 e. The van der Waals surface area contributed by atoms with Gasteiger partial charge in [0, 0.05) is 22.8 Å². The summed E-state index contributed by atoms with van der Waals surface area (Å²) in [6, 6.07) is 8.42. The molecule has 0 radical (unpaired) electrons. The summed E-state index contributed by atoms with van der Waals surface area (Å²) in [5, 5.41) is 0.312. The number of carbonyl (C=O) groups excluding carboxylic acids is 2. The van der Waals surface area contributed by atoms with Crippen molar-refractivity contribution in [2.24, 2.45) is 0 Å². The highest BCUT2D eigenvalue weighted by Gasteiger charge is 2.34. The van der Waals surface area contributed by atoms with Gasteiger partial charge < -0.3 is 8.83 Å². The van der Waals surface area contributed by atoms with Gasteiger partial charge in [-0.15, -0.1) is 0 Å². The second-order valence-corrected chi connectivity index (χ2v) is 7.75. The van der Waals surface area contributed by atoms with E-state index in [-0.39, 0.29) is 49.7 Å². The highest BCUT2D eigenvalue weighted by Crippen LogP contribution is 2.36. The maximum Gasteiger partial charge on any atom is 0.416 e. The third-order valence-corrected chi connectivity index (χ3v) is 5.62. The molecule has 1 aliphatic rings. The number of Topliss-reactive ketones (excluding diaryl/α,β-unsaturated/α-hetero) is 2. The summed E-state index contributed by atoms with van der Waals surface area (Å²) in [6.45, 7) is 0. The molecule has 0 N–H and O–H groups in total. The lowest BCUT2D eigenvalue weighted by Gasteiger charge is -2.05. The van der Waals surface area contributed by atoms with E-state index >= 15 is 0 Å². The number of carbonyl (C=O) groups is 2. The van der Waals surface area contributed by atoms with E-state index in [2.05, 4.69) is 4.98 Å². The number of aromatic nitrogens is 1. The number of allylic oxidation sites excluding steroid dienone is 1. The van der Waals surface area contributed by atoms with E-state index in [0.717, 1.165) is 12.1 Å². The van der Waals surface area contributed by atoms with Gasteiger partial charge in [-0.2, -0.15) is 18.2 Å². The Kier molecular flexibility index (Phi) is 4.54. The minimum Gasteiger partial charge on any atom is -0.436 e. The van der Waals surface area contributed by atoms with Gasteiger partial charge in [-0.05, 0) is 42.5 Å². The average molecular weight is 478 g/mol. The van der Waals surface area contributed by atoms with Crippen molar-refractivity contribution in [3.8, 4) is 11.5 Å². The van der Waals surface area contributed by atoms with Crippen molar-refractivity contribution in [2.75, 3.05) is 0 Å². The Labute approximate surface area is 187 Å². The zero-order chi connectivity index (χ0) is 22.8. The van der Waals surface area contributed by atoms with Crippen LogP contribution in [-0.4, -0.2) is 16.6 Å². The number of ketones is 2. The first kappa shape index (κ1) is 20.5. The number of fused-ring (bicyclic) bond motifs is 2. The molecule has 5 rings (SSSR count). The van der Waals surface area contributed by atoms with Crippen LogP contribution in [-0.2, 0) is 6.18 Å². The van der Waals surface area contributed by atoms with Gasteiger partial charge >= 0.3 is 6.18 Å². The molecule has 0 fully saturated rings. The van der Waals surface area contributed by atoms with Gasteiger partial charge in [0.1, 0.15) is 5.76 Å². The summed E-state index contributed by atoms with van der Waals surface area (Å²) < 4.78 is 49.2. The molecule has 0 bridgehead atoms. The molecule has 0 amide bonds. The molecule has 0 saturated carbocycles. The van der Waals surface area contributed by atoms with Gasteiger partial charge in [-0.25, -0.2) is 0 Å². The third kappa shape index (κ3) is 3.32. The first-order valence-electron chi connectivity index (χ1n) is 9.00. The molecule has 2 heterocycles. The fraction of sp³-hybridized carbons (Fsp3) is 0.0455. The molecule has 10 heteroatoms. The molecule has 0 spiro atoms. The Bertz CT molecular complexity index is 1390. The van der Waals surface area contributed by atoms with E-state index in [9.17, 15) is 22.8 Å². The van der Waals surface area contributed by atoms with Crippen molar-refractivity contribution in [1.29, 1.82) is 0 Å². The van der Waals surface area contributed by atoms with E-state index in [1.807, 2.05) is 0 Å². The zero-order valence-electron chi connectivity index (χ0n) is 15.6. The molecule has 2 aromatic heterocycles. The second kappa shape index (κ2) is 7.08. The number of furan rings is 1. The van der Waals surface area contributed by atoms with E-state index in [1.54, 1.807) is 0 Å². The van der Waals surface area contributed by atoms with Crippen molar-refractivity contribution in [1.82, 2.24) is 4.98 Å². The number of rotatable bonds is 2. The highest BCUT2D eigenvalue weighted by atomic mass is 35.5. The van der Waals surface area contributed by atoms with Crippen LogP contribution >= 0.6 is 23.2 Å². The van der Waals surface area contributed by atoms with E-state index in [0.29, 0.717) is 5.56 Å². The molecule has 1 aliphatic carbocycles. The normalized spacial score (nSPS) is 13.8. The summed E-state index contributed by atoms with van der Waals surface area (Å²) in [4.78, 5) is 29.4. The Morgan fingerprint density at radius 2 is 1.47 bits per heavy atom. The average Bonchev–Trinajstić information content (AvgIpc) is 3.36. The van der Waals surface area contributed by atoms with Crippen LogP contribution in [0.4, 0.5) is 13.2 Å². The summed E-state index contributed by atoms with van der Waals surface area (Å²) in [6.07, 6.45) is -3.18. The Morgan fingerprint density at radius 3 is 2.00 bits per heavy atom. The maximum atomic E-state index is 12.7. The largest absolute Gasteiger partial charge is 0.436 e. The molecule has 160 valence electrons. The van der Waals surface area contributed by atoms with Gasteiger partial charge in [0.2, 0.25) is 5.89 Å². The minimum atomic E-state index is -4.45. The van der Waals surface area contributed by atoms with Crippen molar-refractivity contribution >= 4 is 52.1 Å². The SMILES string of the molecule is O=C1C(=Cc2cc3oc(-c4ccc(C(F)(F)F)cc4)nc3o2)C(=O)c2cc(Cl)c(Cl)cc21. The third-order valence-electron chi connectivity index (χ3n) is 4.89. The number of hydrogen-bond donors (Lipinski definition) is 0. The van der Waals surface area contributed by atoms with Gasteiger partial charge in [-0.3, -0.25) is 9.59 Å². The highest BCUT2D eigenvalue weighted by molar-refractivity contribution is 6.46. The summed E-state index contributed by atoms with van der Waals surface area (Å²) >= 11 is 11.9. The molecular formula is C22H8Cl2F3NO4. The quantitative estimate of drug-likeness (QED) is 0.232. The first-order chi connectivity index (χ1) is 15.1. The van der Waals surface area contributed by atoms with Crippen LogP contribution in [0.1, 0.15) is 32.0 Å². The predicted octanol–water partition coefficient (Wildman–Crippen LogP) is 6.88. The minimum absolute atomic E-state index is 0.0632. The summed E-state index contributed by atoms with van der Waals surface area (Å²) in [5.41, 5.74) is -0.0315. The van der Waals surface area contributed by atoms with Gasteiger partial charge in [0.25, 0.3) is 5.71 Å². The Hall–Kier alpha value is -3.36. The lowest BCUT2D eigenvalue weighted by atomic mass is 10.1. The van der Waals surface area contributed by atoms with Crippen molar-refractivity contribution < 1.29 is 31.6 Å². The molecule has 5 nitrogen and oxygen atoms in total. The van der Waals surface area contributed by atoms with Crippen molar-refractivity contribution in [3.63, 3.8) is 0 Å². The number of oxazole rings is 1. The van der Waals surface area contributed by atoms with Gasteiger partial charge in [-0.1, -0.05) is 23.2 Å². The van der Waals surface area contributed by atoms with Crippen LogP contribution in [0.25, 0.3) is 28.8 Å². The van der Waals surface area contributed by atoms with Crippen LogP contribution in [0.2, 0.25) is 10.0 Å². The van der Waals surface area contributed by atoms with E-state index < -0.39 is 23.3 Å². The molecule has 0 atom stereocenters. The fourth-order valence-electron chi connectivity index (χ4n) is 3.34. The Balaban J connectivity index is 1.46. The fourth-order valence-corrected chi connectivity index (χ4v) is 3.67. The van der Waals surface area contributed by atoms with E-state index in [4.69, 9.17) is 32.0 Å². The topological polar surface area (TPSA) is 73.3 Å². The van der Waals surface area contributed by atoms with Crippen LogP contribution in [0.3, 0.4) is 0 Å². The van der Waals surface area contributed by atoms with Crippen LogP contribution in [0.15, 0.2) is 56.9 Å². The molecule has 0 unspecified atom stereocenters. The number of alkyl halides is 3. The number of nitrogens with zero attached hydrogens (tertiary/aromatic N) is 1. The predicted molar refractivity (Wildman–Crippen MR) is 110 cm³/mol. The van der Waals surface area contributed by atoms with Crippen LogP contribution in [0, 0.1) is 0 Å². The van der Waals surface area contributed by atoms with Crippen LogP contribution < -0.4 is 0 Å². The summed E-state index contributed by atoms with van der Waals surface area (Å²) in [5.74, 6) is -0.826. The molecule has 0 aliphatic heterocycles. The van der Waals surface area contributed by atoms with Crippen molar-refractivity contribution in [3.05, 3.63) is 80.5 Å². The number of benzene rings is 2. The molecule has 4 aromatic rings. The summed E-state index contributed by atoms with van der Waals surface area (Å²) in [7, 11) is 0. The lowest BCUT2D eigenvalue weighted by Crippen LogP contribution is -2.03. The number of halogens is 5. The van der Waals surface area contributed by atoms with E-state index in [1.165, 1.54) is 36.4 Å². The molecule has 0 saturated heterocycles. The molecular weight excluding hydrogens is 470 g/mol. The molecule has 2 aromatic carbocycles. The maximum absolute atomic E-state index is 12.7. The monoisotopic (exact) mass is 477 g/mol. The van der Waals surface area contributed by atoms with Crippen molar-refractivity contribution in [2.45, 2.75) is 6.18 Å². The molecule has 32 heavy (non-hydrogen) atoms. The lowest BCUT2D eigenvalue weighted by molar-refractivity contribution is -0.137. The van der Waals surface area contributed by atoms with Gasteiger partial charge in [0.05, 0.1) is 21.2 Å². The first-order valence-corrected chi connectivity index (χ1v) is 9.75. The Morgan fingerprint density at radius 1 is 0.875 bits per heavy atom. The zero-order valence-corrected chi connectivity index (χ0v) is 17.1. The number of hydrogen-bond acceptors (Lipinski definition) is 5.